The van der Waals surface area contributed by atoms with Crippen LogP contribution in [0.3, 0.4) is 0 Å². The Morgan fingerprint density at radius 1 is 1.55 bits per heavy atom. The van der Waals surface area contributed by atoms with Gasteiger partial charge in [0.2, 0.25) is 0 Å². The van der Waals surface area contributed by atoms with Gasteiger partial charge in [-0.25, -0.2) is 8.42 Å². The minimum Gasteiger partial charge on any atom is -0.303 e. The topological polar surface area (TPSA) is 49.4 Å². The van der Waals surface area contributed by atoms with E-state index < -0.39 is 9.84 Å². The maximum Gasteiger partial charge on any atom is 0.164 e. The summed E-state index contributed by atoms with van der Waals surface area (Å²) in [4.78, 5) is 2.02. The molecule has 0 aliphatic carbocycles. The molecule has 0 aromatic rings. The molecular weight excluding hydrogens is 164 g/mol. The standard InChI is InChI=1S/C6H14N2O2S/c1-8-4-3-7-6(5-8)11(2,9)10/h6-7H,3-5H2,1-2H3. The lowest BCUT2D eigenvalue weighted by atomic mass is 10.4. The van der Waals surface area contributed by atoms with Crippen LogP contribution in [0.1, 0.15) is 0 Å². The van der Waals surface area contributed by atoms with Crippen LogP contribution in [0, 0.1) is 0 Å². The van der Waals surface area contributed by atoms with Crippen molar-refractivity contribution in [1.29, 1.82) is 0 Å². The summed E-state index contributed by atoms with van der Waals surface area (Å²) in [6.07, 6.45) is 1.27. The summed E-state index contributed by atoms with van der Waals surface area (Å²) >= 11 is 0. The van der Waals surface area contributed by atoms with Crippen molar-refractivity contribution in [2.45, 2.75) is 5.37 Å². The molecule has 1 atom stereocenters. The first-order chi connectivity index (χ1) is 5.00. The number of nitrogens with zero attached hydrogens (tertiary/aromatic N) is 1. The third kappa shape index (κ3) is 2.43. The summed E-state index contributed by atoms with van der Waals surface area (Å²) in [6, 6.07) is 0. The van der Waals surface area contributed by atoms with E-state index >= 15 is 0 Å². The molecule has 1 aliphatic rings. The van der Waals surface area contributed by atoms with Crippen molar-refractivity contribution in [3.05, 3.63) is 0 Å². The third-order valence-corrected chi connectivity index (χ3v) is 3.21. The second-order valence-corrected chi connectivity index (χ2v) is 5.26. The molecule has 11 heavy (non-hydrogen) atoms. The SMILES string of the molecule is CN1CCNC(S(C)(=O)=O)C1. The molecule has 1 saturated heterocycles. The molecule has 66 valence electrons. The highest BCUT2D eigenvalue weighted by Crippen LogP contribution is 2.01. The molecule has 4 nitrogen and oxygen atoms in total. The zero-order valence-electron chi connectivity index (χ0n) is 6.87. The molecule has 1 aliphatic heterocycles. The molecule has 1 fully saturated rings. The lowest BCUT2D eigenvalue weighted by Gasteiger charge is -2.29. The maximum absolute atomic E-state index is 11.0. The zero-order valence-corrected chi connectivity index (χ0v) is 7.69. The molecule has 0 spiro atoms. The van der Waals surface area contributed by atoms with Crippen LogP contribution in [-0.4, -0.2) is 51.6 Å². The van der Waals surface area contributed by atoms with Crippen LogP contribution in [-0.2, 0) is 9.84 Å². The summed E-state index contributed by atoms with van der Waals surface area (Å²) < 4.78 is 22.1. The molecular formula is C6H14N2O2S. The second kappa shape index (κ2) is 3.08. The van der Waals surface area contributed by atoms with E-state index in [1.807, 2.05) is 11.9 Å². The summed E-state index contributed by atoms with van der Waals surface area (Å²) in [5, 5.41) is 2.59. The van der Waals surface area contributed by atoms with Gasteiger partial charge in [0.25, 0.3) is 0 Å². The van der Waals surface area contributed by atoms with E-state index in [9.17, 15) is 8.42 Å². The number of hydrogen-bond acceptors (Lipinski definition) is 4. The monoisotopic (exact) mass is 178 g/mol. The Kier molecular flexibility index (Phi) is 2.51. The lowest BCUT2D eigenvalue weighted by molar-refractivity contribution is 0.272. The predicted molar refractivity (Wildman–Crippen MR) is 44.1 cm³/mol. The van der Waals surface area contributed by atoms with Crippen LogP contribution >= 0.6 is 0 Å². The van der Waals surface area contributed by atoms with Gasteiger partial charge in [-0.3, -0.25) is 5.32 Å². The molecule has 1 N–H and O–H groups in total. The van der Waals surface area contributed by atoms with Crippen LogP contribution in [0.15, 0.2) is 0 Å². The van der Waals surface area contributed by atoms with E-state index in [0.29, 0.717) is 6.54 Å². The molecule has 0 saturated carbocycles. The fourth-order valence-corrected chi connectivity index (χ4v) is 2.09. The number of likely N-dealkylation sites (N-methyl/N-ethyl adjacent to an activating group) is 1. The second-order valence-electron chi connectivity index (χ2n) is 3.03. The van der Waals surface area contributed by atoms with Gasteiger partial charge in [-0.05, 0) is 7.05 Å². The molecule has 1 rings (SSSR count). The molecule has 5 heteroatoms. The first-order valence-electron chi connectivity index (χ1n) is 3.61. The molecule has 0 aromatic heterocycles. The van der Waals surface area contributed by atoms with Gasteiger partial charge in [-0.15, -0.1) is 0 Å². The Morgan fingerprint density at radius 2 is 2.18 bits per heavy atom. The summed E-state index contributed by atoms with van der Waals surface area (Å²) in [5.74, 6) is 0. The minimum atomic E-state index is -2.91. The third-order valence-electron chi connectivity index (χ3n) is 1.86. The number of nitrogens with one attached hydrogen (secondary N) is 1. The Labute approximate surface area is 67.5 Å². The van der Waals surface area contributed by atoms with E-state index in [0.717, 1.165) is 13.1 Å². The van der Waals surface area contributed by atoms with Gasteiger partial charge in [-0.2, -0.15) is 0 Å². The quantitative estimate of drug-likeness (QED) is 0.553. The summed E-state index contributed by atoms with van der Waals surface area (Å²) in [5.41, 5.74) is 0. The van der Waals surface area contributed by atoms with Crippen LogP contribution in [0.2, 0.25) is 0 Å². The highest BCUT2D eigenvalue weighted by molar-refractivity contribution is 7.91. The first kappa shape index (κ1) is 8.96. The average molecular weight is 178 g/mol. The number of hydrogen-bond donors (Lipinski definition) is 1. The highest BCUT2D eigenvalue weighted by atomic mass is 32.2. The number of piperazine rings is 1. The molecule has 0 bridgehead atoms. The van der Waals surface area contributed by atoms with Crippen molar-refractivity contribution in [3.63, 3.8) is 0 Å². The van der Waals surface area contributed by atoms with Crippen molar-refractivity contribution in [3.8, 4) is 0 Å². The van der Waals surface area contributed by atoms with E-state index in [1.165, 1.54) is 6.26 Å². The van der Waals surface area contributed by atoms with Crippen LogP contribution in [0.4, 0.5) is 0 Å². The van der Waals surface area contributed by atoms with Crippen molar-refractivity contribution in [1.82, 2.24) is 10.2 Å². The van der Waals surface area contributed by atoms with E-state index in [1.54, 1.807) is 0 Å². The van der Waals surface area contributed by atoms with E-state index in [4.69, 9.17) is 0 Å². The molecule has 0 amide bonds. The molecule has 0 radical (unpaired) electrons. The summed E-state index contributed by atoms with van der Waals surface area (Å²) in [7, 11) is -0.982. The van der Waals surface area contributed by atoms with E-state index in [-0.39, 0.29) is 5.37 Å². The van der Waals surface area contributed by atoms with Crippen LogP contribution in [0.5, 0.6) is 0 Å². The summed E-state index contributed by atoms with van der Waals surface area (Å²) in [6.45, 7) is 2.28. The van der Waals surface area contributed by atoms with Gasteiger partial charge < -0.3 is 4.90 Å². The van der Waals surface area contributed by atoms with Crippen molar-refractivity contribution in [2.24, 2.45) is 0 Å². The first-order valence-corrected chi connectivity index (χ1v) is 5.56. The van der Waals surface area contributed by atoms with Crippen LogP contribution in [0.25, 0.3) is 0 Å². The average Bonchev–Trinajstić information content (AvgIpc) is 1.86. The van der Waals surface area contributed by atoms with Gasteiger partial charge in [0, 0.05) is 25.9 Å². The smallest absolute Gasteiger partial charge is 0.164 e. The minimum absolute atomic E-state index is 0.374. The van der Waals surface area contributed by atoms with Gasteiger partial charge in [0.15, 0.2) is 9.84 Å². The van der Waals surface area contributed by atoms with Crippen LogP contribution < -0.4 is 5.32 Å². The largest absolute Gasteiger partial charge is 0.303 e. The molecule has 1 heterocycles. The van der Waals surface area contributed by atoms with Crippen molar-refractivity contribution in [2.75, 3.05) is 32.9 Å². The maximum atomic E-state index is 11.0. The Bertz CT molecular complexity index is 225. The van der Waals surface area contributed by atoms with Crippen molar-refractivity contribution >= 4 is 9.84 Å². The normalized spacial score (nSPS) is 28.7. The highest BCUT2D eigenvalue weighted by Gasteiger charge is 2.24. The van der Waals surface area contributed by atoms with Crippen molar-refractivity contribution < 1.29 is 8.42 Å². The fraction of sp³-hybridized carbons (Fsp3) is 1.00. The Hall–Kier alpha value is -0.130. The Balaban J connectivity index is 2.60. The molecule has 0 aromatic carbocycles. The number of sulfone groups is 1. The zero-order chi connectivity index (χ0) is 8.48. The van der Waals surface area contributed by atoms with E-state index in [2.05, 4.69) is 5.32 Å². The molecule has 1 unspecified atom stereocenters. The number of rotatable bonds is 1. The Morgan fingerprint density at radius 3 is 2.55 bits per heavy atom. The predicted octanol–water partition coefficient (Wildman–Crippen LogP) is -1.11. The fourth-order valence-electron chi connectivity index (χ4n) is 1.14. The van der Waals surface area contributed by atoms with Gasteiger partial charge in [0.1, 0.15) is 5.37 Å². The van der Waals surface area contributed by atoms with Gasteiger partial charge in [-0.1, -0.05) is 0 Å². The van der Waals surface area contributed by atoms with Gasteiger partial charge in [0.05, 0.1) is 0 Å². The lowest BCUT2D eigenvalue weighted by Crippen LogP contribution is -2.52. The van der Waals surface area contributed by atoms with Gasteiger partial charge >= 0.3 is 0 Å².